The van der Waals surface area contributed by atoms with Crippen LogP contribution in [0, 0.1) is 13.8 Å². The van der Waals surface area contributed by atoms with Crippen molar-refractivity contribution < 1.29 is 19.4 Å². The van der Waals surface area contributed by atoms with Gasteiger partial charge in [-0.05, 0) is 60.9 Å². The van der Waals surface area contributed by atoms with Gasteiger partial charge in [-0.1, -0.05) is 52.3 Å². The molecule has 4 rings (SSSR count). The number of benzene rings is 3. The van der Waals surface area contributed by atoms with Crippen LogP contribution >= 0.6 is 15.9 Å². The third-order valence-corrected chi connectivity index (χ3v) is 6.36. The first-order chi connectivity index (χ1) is 15.3. The molecule has 0 aliphatic carbocycles. The zero-order valence-corrected chi connectivity index (χ0v) is 19.5. The van der Waals surface area contributed by atoms with E-state index in [1.807, 2.05) is 44.2 Å². The molecule has 3 aromatic carbocycles. The number of anilines is 1. The summed E-state index contributed by atoms with van der Waals surface area (Å²) >= 11 is 3.38. The van der Waals surface area contributed by atoms with Crippen molar-refractivity contribution in [2.75, 3.05) is 12.0 Å². The number of aliphatic hydroxyl groups is 1. The van der Waals surface area contributed by atoms with E-state index in [1.165, 1.54) is 4.90 Å². The van der Waals surface area contributed by atoms with Crippen molar-refractivity contribution in [2.24, 2.45) is 0 Å². The molecule has 32 heavy (non-hydrogen) atoms. The van der Waals surface area contributed by atoms with E-state index in [0.29, 0.717) is 22.6 Å². The molecule has 6 heteroatoms. The minimum Gasteiger partial charge on any atom is -0.507 e. The second-order valence-electron chi connectivity index (χ2n) is 7.67. The Kier molecular flexibility index (Phi) is 5.89. The summed E-state index contributed by atoms with van der Waals surface area (Å²) in [5.41, 5.74) is 3.77. The molecule has 5 nitrogen and oxygen atoms in total. The first-order valence-corrected chi connectivity index (χ1v) is 10.9. The Bertz CT molecular complexity index is 1230. The number of halogens is 1. The van der Waals surface area contributed by atoms with Crippen LogP contribution in [0.4, 0.5) is 5.69 Å². The van der Waals surface area contributed by atoms with Gasteiger partial charge in [0, 0.05) is 15.7 Å². The van der Waals surface area contributed by atoms with Gasteiger partial charge in [0.15, 0.2) is 0 Å². The molecule has 1 aliphatic rings. The Balaban J connectivity index is 1.96. The fourth-order valence-corrected chi connectivity index (χ4v) is 4.21. The number of amides is 1. The van der Waals surface area contributed by atoms with Crippen molar-refractivity contribution >= 4 is 39.1 Å². The molecule has 0 saturated carbocycles. The summed E-state index contributed by atoms with van der Waals surface area (Å²) in [6.07, 6.45) is 0. The van der Waals surface area contributed by atoms with Crippen LogP contribution in [0.1, 0.15) is 28.3 Å². The van der Waals surface area contributed by atoms with Gasteiger partial charge in [0.2, 0.25) is 0 Å². The lowest BCUT2D eigenvalue weighted by Crippen LogP contribution is -2.30. The Labute approximate surface area is 195 Å². The number of aliphatic hydroxyl groups excluding tert-OH is 1. The fourth-order valence-electron chi connectivity index (χ4n) is 3.94. The maximum Gasteiger partial charge on any atom is 0.300 e. The Morgan fingerprint density at radius 3 is 2.25 bits per heavy atom. The van der Waals surface area contributed by atoms with Crippen LogP contribution in [0.15, 0.2) is 76.8 Å². The molecule has 1 heterocycles. The molecule has 3 aromatic rings. The summed E-state index contributed by atoms with van der Waals surface area (Å²) < 4.78 is 6.11. The van der Waals surface area contributed by atoms with Gasteiger partial charge in [0.1, 0.15) is 11.5 Å². The Morgan fingerprint density at radius 1 is 0.969 bits per heavy atom. The number of methoxy groups -OCH3 is 1. The van der Waals surface area contributed by atoms with Gasteiger partial charge in [0.25, 0.3) is 11.7 Å². The van der Waals surface area contributed by atoms with E-state index in [1.54, 1.807) is 43.5 Å². The van der Waals surface area contributed by atoms with Gasteiger partial charge < -0.3 is 9.84 Å². The number of rotatable bonds is 4. The molecule has 0 radical (unpaired) electrons. The highest BCUT2D eigenvalue weighted by Gasteiger charge is 2.47. The quantitative estimate of drug-likeness (QED) is 0.288. The average Bonchev–Trinajstić information content (AvgIpc) is 3.06. The number of ether oxygens (including phenoxy) is 1. The summed E-state index contributed by atoms with van der Waals surface area (Å²) in [4.78, 5) is 28.0. The zero-order chi connectivity index (χ0) is 23.0. The van der Waals surface area contributed by atoms with E-state index in [2.05, 4.69) is 15.9 Å². The van der Waals surface area contributed by atoms with Crippen LogP contribution in [0.2, 0.25) is 0 Å². The van der Waals surface area contributed by atoms with Crippen LogP contribution in [0.25, 0.3) is 5.76 Å². The lowest BCUT2D eigenvalue weighted by Gasteiger charge is -2.27. The highest BCUT2D eigenvalue weighted by atomic mass is 79.9. The Morgan fingerprint density at radius 2 is 1.62 bits per heavy atom. The predicted octanol–water partition coefficient (Wildman–Crippen LogP) is 5.70. The second-order valence-corrected chi connectivity index (χ2v) is 8.58. The number of Topliss-reactive ketones (excluding diaryl/α,β-unsaturated/α-hetero) is 1. The molecular formula is C26H22BrNO4. The van der Waals surface area contributed by atoms with Gasteiger partial charge >= 0.3 is 0 Å². The maximum absolute atomic E-state index is 13.3. The lowest BCUT2D eigenvalue weighted by atomic mass is 9.94. The molecule has 0 spiro atoms. The molecule has 162 valence electrons. The number of carbonyl (C=O) groups excluding carboxylic acids is 2. The van der Waals surface area contributed by atoms with Crippen molar-refractivity contribution in [1.29, 1.82) is 0 Å². The summed E-state index contributed by atoms with van der Waals surface area (Å²) in [7, 11) is 1.57. The molecular weight excluding hydrogens is 470 g/mol. The third-order valence-electron chi connectivity index (χ3n) is 5.83. The summed E-state index contributed by atoms with van der Waals surface area (Å²) in [6.45, 7) is 3.88. The second kappa shape index (κ2) is 8.63. The van der Waals surface area contributed by atoms with Crippen molar-refractivity contribution in [2.45, 2.75) is 19.9 Å². The van der Waals surface area contributed by atoms with Crippen molar-refractivity contribution in [1.82, 2.24) is 0 Å². The van der Waals surface area contributed by atoms with Gasteiger partial charge in [0.05, 0.1) is 18.7 Å². The molecule has 1 aliphatic heterocycles. The highest BCUT2D eigenvalue weighted by molar-refractivity contribution is 9.10. The van der Waals surface area contributed by atoms with Gasteiger partial charge in [-0.25, -0.2) is 0 Å². The minimum atomic E-state index is -0.773. The zero-order valence-electron chi connectivity index (χ0n) is 17.9. The monoisotopic (exact) mass is 491 g/mol. The van der Waals surface area contributed by atoms with Gasteiger partial charge in [-0.3, -0.25) is 14.5 Å². The number of nitrogens with zero attached hydrogens (tertiary/aromatic N) is 1. The molecule has 0 bridgehead atoms. The van der Waals surface area contributed by atoms with E-state index in [-0.39, 0.29) is 11.3 Å². The SMILES string of the molecule is COc1ccc(C2/C(=C(\O)c3ccc(Br)cc3)C(=O)C(=O)N2c2cccc(C)c2C)cc1. The van der Waals surface area contributed by atoms with Crippen LogP contribution in [0.5, 0.6) is 5.75 Å². The molecule has 1 amide bonds. The summed E-state index contributed by atoms with van der Waals surface area (Å²) in [5.74, 6) is -0.930. The third kappa shape index (κ3) is 3.71. The molecule has 1 unspecified atom stereocenters. The van der Waals surface area contributed by atoms with Crippen LogP contribution in [0.3, 0.4) is 0 Å². The van der Waals surface area contributed by atoms with E-state index in [0.717, 1.165) is 15.6 Å². The number of hydrogen-bond acceptors (Lipinski definition) is 4. The Hall–Kier alpha value is -3.38. The van der Waals surface area contributed by atoms with Crippen molar-refractivity contribution in [3.05, 3.63) is 99.0 Å². The number of hydrogen-bond donors (Lipinski definition) is 1. The van der Waals surface area contributed by atoms with Crippen molar-refractivity contribution in [3.8, 4) is 5.75 Å². The standard InChI is InChI=1S/C26H22BrNO4/c1-15-5-4-6-21(16(15)2)28-23(17-9-13-20(32-3)14-10-17)22(25(30)26(28)31)24(29)18-7-11-19(27)12-8-18/h4-14,23,29H,1-3H3/b24-22+. The van der Waals surface area contributed by atoms with Crippen LogP contribution in [-0.4, -0.2) is 23.9 Å². The van der Waals surface area contributed by atoms with Crippen molar-refractivity contribution in [3.63, 3.8) is 0 Å². The average molecular weight is 492 g/mol. The van der Waals surface area contributed by atoms with E-state index < -0.39 is 17.7 Å². The van der Waals surface area contributed by atoms with E-state index >= 15 is 0 Å². The minimum absolute atomic E-state index is 0.0587. The maximum atomic E-state index is 13.3. The largest absolute Gasteiger partial charge is 0.507 e. The number of ketones is 1. The smallest absolute Gasteiger partial charge is 0.300 e. The predicted molar refractivity (Wildman–Crippen MR) is 128 cm³/mol. The first-order valence-electron chi connectivity index (χ1n) is 10.1. The van der Waals surface area contributed by atoms with E-state index in [4.69, 9.17) is 4.74 Å². The van der Waals surface area contributed by atoms with E-state index in [9.17, 15) is 14.7 Å². The van der Waals surface area contributed by atoms with Gasteiger partial charge in [-0.2, -0.15) is 0 Å². The molecule has 1 saturated heterocycles. The number of carbonyl (C=O) groups is 2. The topological polar surface area (TPSA) is 66.8 Å². The molecule has 1 N–H and O–H groups in total. The normalized spacial score (nSPS) is 17.6. The van der Waals surface area contributed by atoms with Crippen LogP contribution < -0.4 is 9.64 Å². The lowest BCUT2D eigenvalue weighted by molar-refractivity contribution is -0.132. The highest BCUT2D eigenvalue weighted by Crippen LogP contribution is 2.43. The molecule has 0 aromatic heterocycles. The van der Waals surface area contributed by atoms with Gasteiger partial charge in [-0.15, -0.1) is 0 Å². The molecule has 1 atom stereocenters. The fraction of sp³-hybridized carbons (Fsp3) is 0.154. The first kappa shape index (κ1) is 21.8. The number of aryl methyl sites for hydroxylation is 1. The van der Waals surface area contributed by atoms with Crippen LogP contribution in [-0.2, 0) is 9.59 Å². The summed E-state index contributed by atoms with van der Waals surface area (Å²) in [5, 5.41) is 11.2. The summed E-state index contributed by atoms with van der Waals surface area (Å²) in [6, 6.07) is 19.0. The molecule has 1 fully saturated rings.